The van der Waals surface area contributed by atoms with Gasteiger partial charge in [0.15, 0.2) is 0 Å². The number of rotatable bonds is 8. The highest BCUT2D eigenvalue weighted by Crippen LogP contribution is 2.65. The zero-order chi connectivity index (χ0) is 29.4. The molecule has 220 valence electrons. The Morgan fingerprint density at radius 2 is 1.77 bits per heavy atom. The van der Waals surface area contributed by atoms with E-state index < -0.39 is 29.1 Å². The minimum absolute atomic E-state index is 0.0193. The van der Waals surface area contributed by atoms with Gasteiger partial charge in [-0.1, -0.05) is 34.6 Å². The minimum Gasteiger partial charge on any atom is -0.350 e. The van der Waals surface area contributed by atoms with Gasteiger partial charge < -0.3 is 20.9 Å². The second-order valence-electron chi connectivity index (χ2n) is 15.2. The number of nitriles is 1. The molecule has 5 aliphatic rings. The van der Waals surface area contributed by atoms with Crippen LogP contribution in [-0.4, -0.2) is 82.3 Å². The van der Waals surface area contributed by atoms with Gasteiger partial charge in [0.05, 0.1) is 11.6 Å². The van der Waals surface area contributed by atoms with Crippen LogP contribution in [0, 0.1) is 39.9 Å². The van der Waals surface area contributed by atoms with Crippen molar-refractivity contribution in [2.45, 2.75) is 110 Å². The molecular weight excluding hydrogens is 508 g/mol. The Labute approximate surface area is 238 Å². The molecule has 0 aromatic carbocycles. The molecule has 0 radical (unpaired) electrons. The summed E-state index contributed by atoms with van der Waals surface area (Å²) in [5.41, 5.74) is -1.50. The number of nitrogens with zero attached hydrogens (tertiary/aromatic N) is 3. The lowest BCUT2D eigenvalue weighted by molar-refractivity contribution is -0.148. The molecule has 0 aromatic rings. The topological polar surface area (TPSA) is 135 Å². The fraction of sp³-hybridized carbons (Fsp3) is 0.833. The second-order valence-corrected chi connectivity index (χ2v) is 15.2. The third-order valence-electron chi connectivity index (χ3n) is 10.6. The Morgan fingerprint density at radius 3 is 2.27 bits per heavy atom. The number of amides is 4. The van der Waals surface area contributed by atoms with Crippen LogP contribution in [-0.2, 0) is 19.2 Å². The second kappa shape index (κ2) is 9.43. The maximum Gasteiger partial charge on any atom is 0.246 e. The lowest BCUT2D eigenvalue weighted by Gasteiger charge is -2.45. The van der Waals surface area contributed by atoms with E-state index >= 15 is 0 Å². The van der Waals surface area contributed by atoms with E-state index in [0.29, 0.717) is 13.0 Å². The van der Waals surface area contributed by atoms with E-state index in [0.717, 1.165) is 32.4 Å². The van der Waals surface area contributed by atoms with Crippen molar-refractivity contribution in [2.24, 2.45) is 28.6 Å². The van der Waals surface area contributed by atoms with E-state index in [2.05, 4.69) is 40.8 Å². The average Bonchev–Trinajstić information content (AvgIpc) is 3.53. The van der Waals surface area contributed by atoms with Crippen LogP contribution in [0.3, 0.4) is 0 Å². The van der Waals surface area contributed by atoms with E-state index in [9.17, 15) is 24.4 Å². The van der Waals surface area contributed by atoms with Crippen LogP contribution in [0.2, 0.25) is 0 Å². The van der Waals surface area contributed by atoms with Crippen molar-refractivity contribution in [3.8, 4) is 6.07 Å². The van der Waals surface area contributed by atoms with E-state index in [-0.39, 0.29) is 58.8 Å². The molecule has 40 heavy (non-hydrogen) atoms. The van der Waals surface area contributed by atoms with Gasteiger partial charge in [-0.2, -0.15) is 5.26 Å². The first kappa shape index (κ1) is 28.8. The Balaban J connectivity index is 1.31. The maximum atomic E-state index is 14.2. The predicted octanol–water partition coefficient (Wildman–Crippen LogP) is 1.55. The van der Waals surface area contributed by atoms with Crippen molar-refractivity contribution in [1.82, 2.24) is 25.8 Å². The SMILES string of the molecule is CC(C)(C)[C@H](NC(=O)C(C)(C)N1CCC1)C(=O)N1C[C@H]2[C@@H]([C@H]1C(=O)N[C@H](C#N)C[C@@H]1CC3(CC3)NC1=O)C2(C)C. The van der Waals surface area contributed by atoms with E-state index in [1.54, 1.807) is 4.90 Å². The molecule has 0 bridgehead atoms. The molecule has 5 fully saturated rings. The number of carbonyl (C=O) groups excluding carboxylic acids is 4. The number of carbonyl (C=O) groups is 4. The normalized spacial score (nSPS) is 31.4. The van der Waals surface area contributed by atoms with Crippen molar-refractivity contribution >= 4 is 23.6 Å². The summed E-state index contributed by atoms with van der Waals surface area (Å²) in [5, 5.41) is 18.9. The summed E-state index contributed by atoms with van der Waals surface area (Å²) in [5.74, 6) is -0.989. The standard InChI is InChI=1S/C30H46N6O4/c1-27(2,3)22(33-26(40)29(6,7)35-11-8-12-35)25(39)36-16-19-20(28(19,4)5)21(36)24(38)32-18(15-31)13-17-14-30(9-10-30)34-23(17)37/h17-22H,8-14,16H2,1-7H3,(H,32,38)(H,33,40)(H,34,37)/t17-,18+,19+,20+,21+,22-/m1/s1. The van der Waals surface area contributed by atoms with Crippen molar-refractivity contribution in [2.75, 3.05) is 19.6 Å². The molecule has 3 N–H and O–H groups in total. The van der Waals surface area contributed by atoms with Crippen LogP contribution in [0.4, 0.5) is 0 Å². The van der Waals surface area contributed by atoms with Gasteiger partial charge in [-0.05, 0) is 68.6 Å². The molecule has 3 aliphatic heterocycles. The van der Waals surface area contributed by atoms with Gasteiger partial charge in [0.1, 0.15) is 18.1 Å². The van der Waals surface area contributed by atoms with Gasteiger partial charge in [-0.3, -0.25) is 24.1 Å². The highest BCUT2D eigenvalue weighted by Gasteiger charge is 2.70. The maximum absolute atomic E-state index is 14.2. The smallest absolute Gasteiger partial charge is 0.246 e. The molecule has 0 aromatic heterocycles. The highest BCUT2D eigenvalue weighted by molar-refractivity contribution is 5.95. The molecule has 10 heteroatoms. The fourth-order valence-corrected chi connectivity index (χ4v) is 7.29. The summed E-state index contributed by atoms with van der Waals surface area (Å²) in [6.07, 6.45) is 3.96. The average molecular weight is 555 g/mol. The van der Waals surface area contributed by atoms with Crippen LogP contribution in [0.5, 0.6) is 0 Å². The summed E-state index contributed by atoms with van der Waals surface area (Å²) in [6.45, 7) is 15.9. The molecule has 2 aliphatic carbocycles. The number of piperidine rings is 1. The molecule has 4 amide bonds. The molecule has 3 saturated heterocycles. The first-order valence-electron chi connectivity index (χ1n) is 14.9. The molecule has 10 nitrogen and oxygen atoms in total. The molecule has 3 heterocycles. The van der Waals surface area contributed by atoms with E-state index in [1.165, 1.54) is 0 Å². The lowest BCUT2D eigenvalue weighted by atomic mass is 9.84. The summed E-state index contributed by atoms with van der Waals surface area (Å²) < 4.78 is 0. The van der Waals surface area contributed by atoms with Gasteiger partial charge >= 0.3 is 0 Å². The summed E-state index contributed by atoms with van der Waals surface area (Å²) in [4.78, 5) is 57.6. The molecule has 0 unspecified atom stereocenters. The number of nitrogens with one attached hydrogen (secondary N) is 3. The predicted molar refractivity (Wildman–Crippen MR) is 148 cm³/mol. The largest absolute Gasteiger partial charge is 0.350 e. The van der Waals surface area contributed by atoms with Gasteiger partial charge in [-0.25, -0.2) is 0 Å². The molecule has 1 spiro atoms. The van der Waals surface area contributed by atoms with Crippen LogP contribution in [0.1, 0.15) is 80.6 Å². The summed E-state index contributed by atoms with van der Waals surface area (Å²) in [6, 6.07) is -0.162. The van der Waals surface area contributed by atoms with Crippen molar-refractivity contribution < 1.29 is 19.2 Å². The Morgan fingerprint density at radius 1 is 1.12 bits per heavy atom. The van der Waals surface area contributed by atoms with E-state index in [1.807, 2.05) is 34.6 Å². The van der Waals surface area contributed by atoms with Crippen LogP contribution in [0.15, 0.2) is 0 Å². The Bertz CT molecular complexity index is 1140. The number of hydrogen-bond donors (Lipinski definition) is 3. The highest BCUT2D eigenvalue weighted by atomic mass is 16.2. The lowest BCUT2D eigenvalue weighted by Crippen LogP contribution is -2.65. The first-order valence-corrected chi connectivity index (χ1v) is 14.9. The van der Waals surface area contributed by atoms with Gasteiger partial charge in [0.2, 0.25) is 23.6 Å². The Kier molecular flexibility index (Phi) is 6.80. The van der Waals surface area contributed by atoms with E-state index in [4.69, 9.17) is 0 Å². The minimum atomic E-state index is -0.814. The first-order chi connectivity index (χ1) is 18.5. The number of likely N-dealkylation sites (tertiary alicyclic amines) is 2. The zero-order valence-electron chi connectivity index (χ0n) is 25.1. The number of fused-ring (bicyclic) bond motifs is 1. The van der Waals surface area contributed by atoms with Gasteiger partial charge in [-0.15, -0.1) is 0 Å². The van der Waals surface area contributed by atoms with Crippen LogP contribution < -0.4 is 16.0 Å². The van der Waals surface area contributed by atoms with Crippen LogP contribution >= 0.6 is 0 Å². The van der Waals surface area contributed by atoms with Crippen molar-refractivity contribution in [1.29, 1.82) is 5.26 Å². The molecule has 6 atom stereocenters. The van der Waals surface area contributed by atoms with Crippen LogP contribution in [0.25, 0.3) is 0 Å². The third-order valence-corrected chi connectivity index (χ3v) is 10.6. The van der Waals surface area contributed by atoms with Gasteiger partial charge in [0.25, 0.3) is 0 Å². The van der Waals surface area contributed by atoms with Gasteiger partial charge in [0, 0.05) is 31.1 Å². The van der Waals surface area contributed by atoms with Crippen molar-refractivity contribution in [3.63, 3.8) is 0 Å². The fourth-order valence-electron chi connectivity index (χ4n) is 7.29. The zero-order valence-corrected chi connectivity index (χ0v) is 25.1. The molecule has 2 saturated carbocycles. The molecule has 5 rings (SSSR count). The summed E-state index contributed by atoms with van der Waals surface area (Å²) >= 11 is 0. The third kappa shape index (κ3) is 4.88. The summed E-state index contributed by atoms with van der Waals surface area (Å²) in [7, 11) is 0. The number of hydrogen-bond acceptors (Lipinski definition) is 6. The monoisotopic (exact) mass is 554 g/mol. The quantitative estimate of drug-likeness (QED) is 0.417. The Hall–Kier alpha value is -2.67. The van der Waals surface area contributed by atoms with Crippen molar-refractivity contribution in [3.05, 3.63) is 0 Å². The molecular formula is C30H46N6O4.